The number of thiazole rings is 1. The number of benzene rings is 4. The van der Waals surface area contributed by atoms with E-state index in [1.807, 2.05) is 83.7 Å². The summed E-state index contributed by atoms with van der Waals surface area (Å²) in [6.07, 6.45) is 1.39. The van der Waals surface area contributed by atoms with Crippen molar-refractivity contribution in [3.05, 3.63) is 95.1 Å². The van der Waals surface area contributed by atoms with Crippen molar-refractivity contribution >= 4 is 50.0 Å². The zero-order valence-electron chi connectivity index (χ0n) is 28.1. The van der Waals surface area contributed by atoms with Crippen LogP contribution in [0.2, 0.25) is 5.02 Å². The number of carbonyl (C=O) groups excluding carboxylic acids is 1. The van der Waals surface area contributed by atoms with Gasteiger partial charge in [-0.1, -0.05) is 48.0 Å². The molecule has 8 heteroatoms. The minimum atomic E-state index is -0.630. The lowest BCUT2D eigenvalue weighted by molar-refractivity contribution is -0.162. The Balaban J connectivity index is 1.49. The average molecular weight is 666 g/mol. The topological polar surface area (TPSA) is 66.2 Å². The molecule has 1 atom stereocenters. The summed E-state index contributed by atoms with van der Waals surface area (Å²) in [5.74, 6) is -0.269. The summed E-state index contributed by atoms with van der Waals surface area (Å²) in [6, 6.07) is 24.9. The number of esters is 1. The summed E-state index contributed by atoms with van der Waals surface area (Å²) < 4.78 is 15.5. The zero-order chi connectivity index (χ0) is 33.7. The Morgan fingerprint density at radius 3 is 2.30 bits per heavy atom. The van der Waals surface area contributed by atoms with Gasteiger partial charge in [-0.15, -0.1) is 11.3 Å². The van der Waals surface area contributed by atoms with Gasteiger partial charge in [0.1, 0.15) is 17.7 Å². The molecule has 0 saturated heterocycles. The number of hydrogen-bond acceptors (Lipinski definition) is 6. The molecule has 0 amide bonds. The lowest BCUT2D eigenvalue weighted by Crippen LogP contribution is -2.30. The second-order valence-corrected chi connectivity index (χ2v) is 15.5. The van der Waals surface area contributed by atoms with Crippen LogP contribution in [0, 0.1) is 12.3 Å². The maximum Gasteiger partial charge on any atom is 0.311 e. The maximum atomic E-state index is 12.9. The van der Waals surface area contributed by atoms with Gasteiger partial charge in [-0.2, -0.15) is 5.10 Å². The Morgan fingerprint density at radius 2 is 1.60 bits per heavy atom. The molecule has 0 aliphatic rings. The number of ether oxygens (including phenoxy) is 2. The van der Waals surface area contributed by atoms with Crippen molar-refractivity contribution in [3.8, 4) is 32.8 Å². The third-order valence-electron chi connectivity index (χ3n) is 8.05. The van der Waals surface area contributed by atoms with Gasteiger partial charge < -0.3 is 9.47 Å². The number of halogens is 1. The summed E-state index contributed by atoms with van der Waals surface area (Å²) in [6.45, 7) is 13.8. The van der Waals surface area contributed by atoms with E-state index in [2.05, 4.69) is 60.6 Å². The van der Waals surface area contributed by atoms with Crippen LogP contribution in [0.3, 0.4) is 0 Å². The van der Waals surface area contributed by atoms with Crippen LogP contribution in [-0.2, 0) is 21.3 Å². The predicted molar refractivity (Wildman–Crippen MR) is 194 cm³/mol. The largest absolute Gasteiger partial charge is 0.462 e. The molecule has 0 N–H and O–H groups in total. The smallest absolute Gasteiger partial charge is 0.311 e. The third kappa shape index (κ3) is 6.98. The molecule has 0 fully saturated rings. The van der Waals surface area contributed by atoms with Crippen LogP contribution in [0.15, 0.2) is 79.0 Å². The van der Waals surface area contributed by atoms with Crippen LogP contribution in [0.25, 0.3) is 53.9 Å². The van der Waals surface area contributed by atoms with Gasteiger partial charge in [0.05, 0.1) is 32.9 Å². The molecule has 0 bridgehead atoms. The van der Waals surface area contributed by atoms with Crippen LogP contribution in [0.1, 0.15) is 58.8 Å². The molecule has 2 aromatic heterocycles. The van der Waals surface area contributed by atoms with Crippen LogP contribution < -0.4 is 0 Å². The standard InChI is InChI=1S/C39H40ClN3O3S/c1-23-18-30-35(47-36(42-30)27-11-9-10-25(19-27)26-14-17-31-28(20-26)21-41-43(31)8)34(24-12-15-29(40)16-13-24)33(23)32(46-39(5,6)7)22-45-37(44)38(2,3)4/h9-21,32H,22H2,1-8H3/t32-/m0/s1. The van der Waals surface area contributed by atoms with E-state index in [1.54, 1.807) is 11.3 Å². The highest BCUT2D eigenvalue weighted by Crippen LogP contribution is 2.45. The van der Waals surface area contributed by atoms with Crippen molar-refractivity contribution in [1.29, 1.82) is 0 Å². The molecule has 0 unspecified atom stereocenters. The van der Waals surface area contributed by atoms with Gasteiger partial charge in [-0.25, -0.2) is 4.98 Å². The number of nitrogens with zero attached hydrogens (tertiary/aromatic N) is 3. The van der Waals surface area contributed by atoms with Gasteiger partial charge in [0.15, 0.2) is 0 Å². The van der Waals surface area contributed by atoms with E-state index in [0.717, 1.165) is 65.1 Å². The van der Waals surface area contributed by atoms with Crippen molar-refractivity contribution < 1.29 is 14.3 Å². The normalized spacial score (nSPS) is 13.0. The molecule has 4 aromatic carbocycles. The lowest BCUT2D eigenvalue weighted by atomic mass is 9.91. The Kier molecular flexibility index (Phi) is 8.77. The Morgan fingerprint density at radius 1 is 0.915 bits per heavy atom. The highest BCUT2D eigenvalue weighted by Gasteiger charge is 2.31. The Labute approximate surface area is 285 Å². The number of aryl methyl sites for hydroxylation is 2. The summed E-state index contributed by atoms with van der Waals surface area (Å²) in [5, 5.41) is 7.08. The van der Waals surface area contributed by atoms with Crippen LogP contribution in [0.5, 0.6) is 0 Å². The molecule has 0 aliphatic carbocycles. The van der Waals surface area contributed by atoms with Crippen molar-refractivity contribution in [3.63, 3.8) is 0 Å². The van der Waals surface area contributed by atoms with Gasteiger partial charge in [0, 0.05) is 28.6 Å². The summed E-state index contributed by atoms with van der Waals surface area (Å²) >= 11 is 8.00. The zero-order valence-corrected chi connectivity index (χ0v) is 29.7. The fourth-order valence-corrected chi connectivity index (χ4v) is 7.05. The molecular weight excluding hydrogens is 626 g/mol. The fourth-order valence-electron chi connectivity index (χ4n) is 5.80. The second kappa shape index (κ2) is 12.5. The number of fused-ring (bicyclic) bond motifs is 2. The first-order valence-corrected chi connectivity index (χ1v) is 16.9. The molecule has 6 nitrogen and oxygen atoms in total. The number of hydrogen-bond donors (Lipinski definition) is 0. The number of aromatic nitrogens is 3. The van der Waals surface area contributed by atoms with E-state index in [1.165, 1.54) is 0 Å². The van der Waals surface area contributed by atoms with Crippen LogP contribution in [-0.4, -0.2) is 32.9 Å². The third-order valence-corrected chi connectivity index (χ3v) is 9.44. The molecule has 0 spiro atoms. The number of rotatable bonds is 7. The fraction of sp³-hybridized carbons (Fsp3) is 0.308. The summed E-state index contributed by atoms with van der Waals surface area (Å²) in [4.78, 5) is 18.1. The molecule has 242 valence electrons. The van der Waals surface area contributed by atoms with Crippen LogP contribution >= 0.6 is 22.9 Å². The first-order valence-electron chi connectivity index (χ1n) is 15.8. The Bertz CT molecular complexity index is 2100. The lowest BCUT2D eigenvalue weighted by Gasteiger charge is -2.31. The van der Waals surface area contributed by atoms with Crippen molar-refractivity contribution in [2.24, 2.45) is 12.5 Å². The van der Waals surface area contributed by atoms with Gasteiger partial charge in [-0.3, -0.25) is 9.48 Å². The molecule has 6 rings (SSSR count). The molecule has 0 aliphatic heterocycles. The van der Waals surface area contributed by atoms with E-state index < -0.39 is 17.1 Å². The molecule has 2 heterocycles. The molecule has 6 aromatic rings. The van der Waals surface area contributed by atoms with Gasteiger partial charge in [-0.05, 0) is 113 Å². The quantitative estimate of drug-likeness (QED) is 0.159. The van der Waals surface area contributed by atoms with Crippen molar-refractivity contribution in [1.82, 2.24) is 14.8 Å². The highest BCUT2D eigenvalue weighted by atomic mass is 35.5. The minimum absolute atomic E-state index is 0.0926. The monoisotopic (exact) mass is 665 g/mol. The van der Waals surface area contributed by atoms with Gasteiger partial charge in [0.25, 0.3) is 0 Å². The summed E-state index contributed by atoms with van der Waals surface area (Å²) in [5.41, 5.74) is 8.16. The SMILES string of the molecule is Cc1cc2nc(-c3cccc(-c4ccc5c(cnn5C)c4)c3)sc2c(-c2ccc(Cl)cc2)c1[C@H](COC(=O)C(C)(C)C)OC(C)(C)C. The molecule has 0 radical (unpaired) electrons. The van der Waals surface area contributed by atoms with Crippen LogP contribution in [0.4, 0.5) is 0 Å². The minimum Gasteiger partial charge on any atom is -0.462 e. The average Bonchev–Trinajstić information content (AvgIpc) is 3.61. The first-order chi connectivity index (χ1) is 22.2. The van der Waals surface area contributed by atoms with E-state index in [-0.39, 0.29) is 12.6 Å². The van der Waals surface area contributed by atoms with E-state index in [4.69, 9.17) is 26.1 Å². The van der Waals surface area contributed by atoms with Crippen molar-refractivity contribution in [2.45, 2.75) is 60.2 Å². The molecule has 0 saturated carbocycles. The van der Waals surface area contributed by atoms with Gasteiger partial charge >= 0.3 is 5.97 Å². The van der Waals surface area contributed by atoms with E-state index in [9.17, 15) is 4.79 Å². The van der Waals surface area contributed by atoms with E-state index in [0.29, 0.717) is 5.02 Å². The predicted octanol–water partition coefficient (Wildman–Crippen LogP) is 10.6. The molecular formula is C39H40ClN3O3S. The maximum absolute atomic E-state index is 12.9. The van der Waals surface area contributed by atoms with Crippen molar-refractivity contribution in [2.75, 3.05) is 6.61 Å². The second-order valence-electron chi connectivity index (χ2n) is 14.0. The van der Waals surface area contributed by atoms with E-state index >= 15 is 0 Å². The first kappa shape index (κ1) is 32.9. The molecule has 47 heavy (non-hydrogen) atoms. The highest BCUT2D eigenvalue weighted by molar-refractivity contribution is 7.22. The number of carbonyl (C=O) groups is 1. The summed E-state index contributed by atoms with van der Waals surface area (Å²) in [7, 11) is 1.96. The van der Waals surface area contributed by atoms with Gasteiger partial charge in [0.2, 0.25) is 0 Å². The Hall–Kier alpha value is -4.04.